The van der Waals surface area contributed by atoms with Gasteiger partial charge < -0.3 is 0 Å². The smallest absolute Gasteiger partial charge is 0.165 e. The van der Waals surface area contributed by atoms with Gasteiger partial charge in [0.2, 0.25) is 0 Å². The Balaban J connectivity index is 2.66. The lowest BCUT2D eigenvalue weighted by Gasteiger charge is -2.03. The van der Waals surface area contributed by atoms with E-state index in [0.29, 0.717) is 0 Å². The average molecular weight is 235 g/mol. The molecule has 2 rings (SSSR count). The number of halogens is 2. The first-order valence-corrected chi connectivity index (χ1v) is 4.61. The predicted octanol–water partition coefficient (Wildman–Crippen LogP) is 2.20. The molecule has 0 unspecified atom stereocenters. The van der Waals surface area contributed by atoms with Gasteiger partial charge in [-0.15, -0.1) is 0 Å². The van der Waals surface area contributed by atoms with Gasteiger partial charge in [-0.25, -0.2) is 19.3 Å². The summed E-state index contributed by atoms with van der Waals surface area (Å²) in [6.07, 6.45) is 2.49. The molecule has 0 saturated carbocycles. The van der Waals surface area contributed by atoms with Gasteiger partial charge in [-0.05, 0) is 12.1 Å². The minimum atomic E-state index is -0.646. The van der Waals surface area contributed by atoms with Gasteiger partial charge >= 0.3 is 0 Å². The van der Waals surface area contributed by atoms with Crippen LogP contribution in [0, 0.1) is 17.1 Å². The minimum Gasteiger partial charge on any atom is -0.225 e. The molecule has 78 valence electrons. The quantitative estimate of drug-likeness (QED) is 0.759. The highest BCUT2D eigenvalue weighted by Gasteiger charge is 2.13. The summed E-state index contributed by atoms with van der Waals surface area (Å²) in [6, 6.07) is 4.48. The Bertz CT molecular complexity index is 565. The Labute approximate surface area is 95.4 Å². The lowest BCUT2D eigenvalue weighted by atomic mass is 10.1. The van der Waals surface area contributed by atoms with Crippen molar-refractivity contribution in [3.05, 3.63) is 41.2 Å². The second-order valence-corrected chi connectivity index (χ2v) is 3.30. The molecule has 0 saturated heterocycles. The molecule has 6 heteroatoms. The summed E-state index contributed by atoms with van der Waals surface area (Å²) in [7, 11) is 0. The molecule has 0 bridgehead atoms. The van der Waals surface area contributed by atoms with Crippen LogP contribution in [0.2, 0.25) is 5.02 Å². The third-order valence-electron chi connectivity index (χ3n) is 1.89. The largest absolute Gasteiger partial charge is 0.225 e. The maximum absolute atomic E-state index is 13.7. The van der Waals surface area contributed by atoms with Crippen LogP contribution in [0.4, 0.5) is 4.39 Å². The second kappa shape index (κ2) is 4.21. The highest BCUT2D eigenvalue weighted by Crippen LogP contribution is 2.26. The second-order valence-electron chi connectivity index (χ2n) is 2.89. The molecule has 0 amide bonds. The van der Waals surface area contributed by atoms with Crippen LogP contribution in [0.15, 0.2) is 24.8 Å². The first-order chi connectivity index (χ1) is 7.72. The van der Waals surface area contributed by atoms with Gasteiger partial charge in [-0.2, -0.15) is 5.26 Å². The van der Waals surface area contributed by atoms with Crippen molar-refractivity contribution in [2.24, 2.45) is 0 Å². The third kappa shape index (κ3) is 1.83. The van der Waals surface area contributed by atoms with Crippen LogP contribution in [0.1, 0.15) is 5.56 Å². The fourth-order valence-electron chi connectivity index (χ4n) is 1.19. The molecule has 0 aliphatic heterocycles. The lowest BCUT2D eigenvalue weighted by molar-refractivity contribution is 0.630. The molecule has 0 atom stereocenters. The molecule has 16 heavy (non-hydrogen) atoms. The fraction of sp³-hybridized carbons (Fsp3) is 0. The molecule has 1 aromatic heterocycles. The van der Waals surface area contributed by atoms with Crippen molar-refractivity contribution in [1.82, 2.24) is 15.0 Å². The molecule has 0 fully saturated rings. The molecule has 0 N–H and O–H groups in total. The fourth-order valence-corrected chi connectivity index (χ4v) is 1.41. The van der Waals surface area contributed by atoms with E-state index in [1.807, 2.05) is 6.07 Å². The number of benzene rings is 1. The zero-order valence-electron chi connectivity index (χ0n) is 7.85. The number of nitrogens with zero attached hydrogens (tertiary/aromatic N) is 4. The standard InChI is InChI=1S/C10H4ClFN4/c11-8-2-6(3-13)1-7(9(8)12)10-15-4-14-5-16-10/h1-2,4-5H. The van der Waals surface area contributed by atoms with Crippen molar-refractivity contribution in [3.63, 3.8) is 0 Å². The summed E-state index contributed by atoms with van der Waals surface area (Å²) >= 11 is 5.65. The minimum absolute atomic E-state index is 0.0893. The van der Waals surface area contributed by atoms with E-state index in [4.69, 9.17) is 16.9 Å². The van der Waals surface area contributed by atoms with Crippen LogP contribution >= 0.6 is 11.6 Å². The van der Waals surface area contributed by atoms with Crippen LogP contribution in [-0.2, 0) is 0 Å². The van der Waals surface area contributed by atoms with Gasteiger partial charge in [-0.1, -0.05) is 11.6 Å². The maximum atomic E-state index is 13.7. The molecule has 4 nitrogen and oxygen atoms in total. The van der Waals surface area contributed by atoms with Crippen molar-refractivity contribution in [2.75, 3.05) is 0 Å². The highest BCUT2D eigenvalue weighted by atomic mass is 35.5. The predicted molar refractivity (Wildman–Crippen MR) is 54.9 cm³/mol. The van der Waals surface area contributed by atoms with E-state index in [0.717, 1.165) is 0 Å². The Morgan fingerprint density at radius 2 is 1.94 bits per heavy atom. The Hall–Kier alpha value is -2.06. The summed E-state index contributed by atoms with van der Waals surface area (Å²) in [5, 5.41) is 8.61. The number of rotatable bonds is 1. The molecular formula is C10H4ClFN4. The zero-order chi connectivity index (χ0) is 11.5. The van der Waals surface area contributed by atoms with Crippen LogP contribution in [0.3, 0.4) is 0 Å². The normalized spacial score (nSPS) is 9.81. The van der Waals surface area contributed by atoms with Gasteiger partial charge in [0.15, 0.2) is 11.6 Å². The van der Waals surface area contributed by atoms with Gasteiger partial charge in [0.1, 0.15) is 12.7 Å². The molecule has 0 spiro atoms. The van der Waals surface area contributed by atoms with Gasteiger partial charge in [0.05, 0.1) is 22.2 Å². The van der Waals surface area contributed by atoms with E-state index in [1.54, 1.807) is 0 Å². The highest BCUT2D eigenvalue weighted by molar-refractivity contribution is 6.31. The van der Waals surface area contributed by atoms with E-state index in [-0.39, 0.29) is 22.0 Å². The Morgan fingerprint density at radius 3 is 2.56 bits per heavy atom. The topological polar surface area (TPSA) is 62.5 Å². The number of nitriles is 1. The summed E-state index contributed by atoms with van der Waals surface area (Å²) in [4.78, 5) is 11.2. The molecule has 0 radical (unpaired) electrons. The van der Waals surface area contributed by atoms with Gasteiger partial charge in [0, 0.05) is 0 Å². The molecule has 1 heterocycles. The van der Waals surface area contributed by atoms with E-state index in [9.17, 15) is 4.39 Å². The van der Waals surface area contributed by atoms with Crippen molar-refractivity contribution < 1.29 is 4.39 Å². The molecule has 0 aliphatic carbocycles. The summed E-state index contributed by atoms with van der Waals surface area (Å²) in [5.41, 5.74) is 0.341. The average Bonchev–Trinajstić information content (AvgIpc) is 2.33. The summed E-state index contributed by atoms with van der Waals surface area (Å²) in [6.45, 7) is 0. The van der Waals surface area contributed by atoms with Gasteiger partial charge in [-0.3, -0.25) is 0 Å². The van der Waals surface area contributed by atoms with E-state index in [1.165, 1.54) is 24.8 Å². The number of hydrogen-bond acceptors (Lipinski definition) is 4. The molecule has 0 aliphatic rings. The first kappa shape index (κ1) is 10.5. The molecule has 1 aromatic carbocycles. The van der Waals surface area contributed by atoms with Crippen molar-refractivity contribution in [3.8, 4) is 17.5 Å². The van der Waals surface area contributed by atoms with E-state index < -0.39 is 5.82 Å². The van der Waals surface area contributed by atoms with E-state index in [2.05, 4.69) is 15.0 Å². The number of hydrogen-bond donors (Lipinski definition) is 0. The van der Waals surface area contributed by atoms with E-state index >= 15 is 0 Å². The summed E-state index contributed by atoms with van der Waals surface area (Å²) in [5.74, 6) is -0.502. The monoisotopic (exact) mass is 234 g/mol. The SMILES string of the molecule is N#Cc1cc(Cl)c(F)c(-c2ncncn2)c1. The maximum Gasteiger partial charge on any atom is 0.165 e. The molecular weight excluding hydrogens is 231 g/mol. The van der Waals surface area contributed by atoms with Crippen LogP contribution in [0.5, 0.6) is 0 Å². The summed E-state index contributed by atoms with van der Waals surface area (Å²) < 4.78 is 13.7. The molecule has 2 aromatic rings. The van der Waals surface area contributed by atoms with Gasteiger partial charge in [0.25, 0.3) is 0 Å². The van der Waals surface area contributed by atoms with Crippen molar-refractivity contribution >= 4 is 11.6 Å². The third-order valence-corrected chi connectivity index (χ3v) is 2.17. The van der Waals surface area contributed by atoms with Crippen molar-refractivity contribution in [2.45, 2.75) is 0 Å². The van der Waals surface area contributed by atoms with Crippen LogP contribution in [0.25, 0.3) is 11.4 Å². The van der Waals surface area contributed by atoms with Crippen molar-refractivity contribution in [1.29, 1.82) is 5.26 Å². The Morgan fingerprint density at radius 1 is 1.25 bits per heavy atom. The lowest BCUT2D eigenvalue weighted by Crippen LogP contribution is -1.94. The van der Waals surface area contributed by atoms with Crippen LogP contribution in [-0.4, -0.2) is 15.0 Å². The first-order valence-electron chi connectivity index (χ1n) is 4.24. The zero-order valence-corrected chi connectivity index (χ0v) is 8.61. The Kier molecular flexibility index (Phi) is 2.75. The number of aromatic nitrogens is 3. The van der Waals surface area contributed by atoms with Crippen LogP contribution < -0.4 is 0 Å².